The first-order valence-corrected chi connectivity index (χ1v) is 14.1. The molecule has 0 aliphatic carbocycles. The van der Waals surface area contributed by atoms with Crippen molar-refractivity contribution >= 4 is 28.4 Å². The fourth-order valence-corrected chi connectivity index (χ4v) is 5.72. The van der Waals surface area contributed by atoms with Gasteiger partial charge in [-0.15, -0.1) is 0 Å². The molecule has 3 aromatic carbocycles. The van der Waals surface area contributed by atoms with Gasteiger partial charge >= 0.3 is 0 Å². The molecule has 2 aliphatic heterocycles. The lowest BCUT2D eigenvalue weighted by molar-refractivity contribution is -0.0778. The van der Waals surface area contributed by atoms with Gasteiger partial charge in [0.1, 0.15) is 11.9 Å². The fraction of sp³-hybridized carbons (Fsp3) is 0.355. The highest BCUT2D eigenvalue weighted by molar-refractivity contribution is 6.31. The third kappa shape index (κ3) is 5.53. The van der Waals surface area contributed by atoms with Crippen LogP contribution in [0.25, 0.3) is 22.2 Å². The van der Waals surface area contributed by atoms with Crippen LogP contribution >= 0.6 is 11.6 Å². The van der Waals surface area contributed by atoms with Crippen LogP contribution in [0.5, 0.6) is 5.75 Å². The lowest BCUT2D eigenvalue weighted by atomic mass is 10.0. The Morgan fingerprint density at radius 2 is 1.90 bits per heavy atom. The van der Waals surface area contributed by atoms with E-state index >= 15 is 0 Å². The van der Waals surface area contributed by atoms with Crippen LogP contribution in [0.2, 0.25) is 5.02 Å². The smallest absolute Gasteiger partial charge is 0.251 e. The highest BCUT2D eigenvalue weighted by Gasteiger charge is 2.30. The van der Waals surface area contributed by atoms with Crippen LogP contribution in [0.4, 0.5) is 0 Å². The number of H-pyrrole nitrogens is 1. The number of rotatable bonds is 8. The zero-order valence-electron chi connectivity index (χ0n) is 22.0. The first-order chi connectivity index (χ1) is 19.1. The van der Waals surface area contributed by atoms with Crippen LogP contribution in [-0.4, -0.2) is 59.5 Å². The number of benzene rings is 3. The van der Waals surface area contributed by atoms with Crippen molar-refractivity contribution in [2.24, 2.45) is 0 Å². The average molecular weight is 545 g/mol. The highest BCUT2D eigenvalue weighted by Crippen LogP contribution is 2.30. The molecule has 6 rings (SSSR count). The molecule has 0 radical (unpaired) electrons. The number of hydrogen-bond donors (Lipinski definition) is 2. The van der Waals surface area contributed by atoms with Gasteiger partial charge in [0.15, 0.2) is 0 Å². The van der Waals surface area contributed by atoms with E-state index in [-0.39, 0.29) is 18.1 Å². The molecule has 4 aromatic rings. The number of hydrogen-bond acceptors (Lipinski definition) is 5. The van der Waals surface area contributed by atoms with Gasteiger partial charge in [-0.25, -0.2) is 0 Å². The van der Waals surface area contributed by atoms with Crippen molar-refractivity contribution in [2.75, 3.05) is 26.3 Å². The Bertz CT molecular complexity index is 1440. The van der Waals surface area contributed by atoms with E-state index in [0.29, 0.717) is 16.6 Å². The second kappa shape index (κ2) is 11.4. The van der Waals surface area contributed by atoms with Gasteiger partial charge in [-0.3, -0.25) is 14.8 Å². The molecule has 0 saturated carbocycles. The Morgan fingerprint density at radius 3 is 2.59 bits per heavy atom. The van der Waals surface area contributed by atoms with E-state index in [9.17, 15) is 4.79 Å². The molecule has 0 bridgehead atoms. The Balaban J connectivity index is 1.14. The SMILES string of the molecule is CC[C@@H](NC(=O)c1ccc2[nH]nc(-c3ccc(OC4CCN(C5COC5)CC4)cc3)c2c1)c1ccccc1Cl. The summed E-state index contributed by atoms with van der Waals surface area (Å²) >= 11 is 6.39. The predicted octanol–water partition coefficient (Wildman–Crippen LogP) is 6.01. The van der Waals surface area contributed by atoms with Crippen molar-refractivity contribution in [1.29, 1.82) is 0 Å². The maximum absolute atomic E-state index is 13.2. The standard InChI is InChI=1S/C31H33ClN4O3/c1-2-28(25-5-3-4-6-27(25)32)33-31(37)21-9-12-29-26(17-21)30(35-34-29)20-7-10-23(11-8-20)39-24-13-15-36(16-14-24)22-18-38-19-22/h3-12,17,22,24,28H,2,13-16,18-19H2,1H3,(H,33,37)(H,34,35)/t28-/m1/s1. The summed E-state index contributed by atoms with van der Waals surface area (Å²) in [5, 5.41) is 12.3. The largest absolute Gasteiger partial charge is 0.490 e. The summed E-state index contributed by atoms with van der Waals surface area (Å²) in [4.78, 5) is 15.7. The van der Waals surface area contributed by atoms with Gasteiger partial charge in [-0.2, -0.15) is 5.10 Å². The highest BCUT2D eigenvalue weighted by atomic mass is 35.5. The lowest BCUT2D eigenvalue weighted by Gasteiger charge is -2.41. The molecule has 2 N–H and O–H groups in total. The molecular weight excluding hydrogens is 512 g/mol. The molecule has 1 aromatic heterocycles. The number of nitrogens with one attached hydrogen (secondary N) is 2. The molecule has 1 amide bonds. The van der Waals surface area contributed by atoms with E-state index < -0.39 is 0 Å². The van der Waals surface area contributed by atoms with Gasteiger partial charge in [0, 0.05) is 34.6 Å². The lowest BCUT2D eigenvalue weighted by Crippen LogP contribution is -2.52. The average Bonchev–Trinajstić information content (AvgIpc) is 3.36. The van der Waals surface area contributed by atoms with Gasteiger partial charge in [-0.05, 0) is 73.4 Å². The van der Waals surface area contributed by atoms with Crippen LogP contribution < -0.4 is 10.1 Å². The van der Waals surface area contributed by atoms with Crippen molar-refractivity contribution < 1.29 is 14.3 Å². The molecule has 202 valence electrons. The van der Waals surface area contributed by atoms with Crippen molar-refractivity contribution in [2.45, 2.75) is 44.4 Å². The summed E-state index contributed by atoms with van der Waals surface area (Å²) in [6.45, 7) is 5.88. The van der Waals surface area contributed by atoms with E-state index in [4.69, 9.17) is 21.1 Å². The van der Waals surface area contributed by atoms with Crippen LogP contribution in [0.3, 0.4) is 0 Å². The Labute approximate surface area is 233 Å². The quantitative estimate of drug-likeness (QED) is 0.284. The number of halogens is 1. The van der Waals surface area contributed by atoms with Crippen molar-refractivity contribution in [1.82, 2.24) is 20.4 Å². The third-order valence-corrected chi connectivity index (χ3v) is 8.21. The minimum absolute atomic E-state index is 0.143. The zero-order chi connectivity index (χ0) is 26.8. The molecule has 39 heavy (non-hydrogen) atoms. The van der Waals surface area contributed by atoms with Crippen LogP contribution in [0.15, 0.2) is 66.7 Å². The molecule has 2 aliphatic rings. The van der Waals surface area contributed by atoms with Crippen molar-refractivity contribution in [3.63, 3.8) is 0 Å². The molecule has 8 heteroatoms. The van der Waals surface area contributed by atoms with E-state index in [1.807, 2.05) is 73.7 Å². The van der Waals surface area contributed by atoms with E-state index in [1.165, 1.54) is 0 Å². The van der Waals surface area contributed by atoms with Crippen molar-refractivity contribution in [3.8, 4) is 17.0 Å². The Kier molecular flexibility index (Phi) is 7.55. The van der Waals surface area contributed by atoms with Gasteiger partial charge in [0.05, 0.1) is 36.5 Å². The summed E-state index contributed by atoms with van der Waals surface area (Å²) in [7, 11) is 0. The molecule has 3 heterocycles. The first-order valence-electron chi connectivity index (χ1n) is 13.7. The molecule has 0 unspecified atom stereocenters. The summed E-state index contributed by atoms with van der Waals surface area (Å²) in [5.41, 5.74) is 4.15. The van der Waals surface area contributed by atoms with Crippen LogP contribution in [-0.2, 0) is 4.74 Å². The minimum atomic E-state index is -0.169. The number of aromatic nitrogens is 2. The number of aromatic amines is 1. The third-order valence-electron chi connectivity index (χ3n) is 7.86. The summed E-state index contributed by atoms with van der Waals surface area (Å²) < 4.78 is 11.6. The fourth-order valence-electron chi connectivity index (χ4n) is 5.45. The summed E-state index contributed by atoms with van der Waals surface area (Å²) in [6, 6.07) is 21.7. The van der Waals surface area contributed by atoms with E-state index in [1.54, 1.807) is 0 Å². The summed E-state index contributed by atoms with van der Waals surface area (Å²) in [5.74, 6) is 0.727. The summed E-state index contributed by atoms with van der Waals surface area (Å²) in [6.07, 6.45) is 3.03. The van der Waals surface area contributed by atoms with Gasteiger partial charge in [0.2, 0.25) is 0 Å². The number of amides is 1. The maximum Gasteiger partial charge on any atom is 0.251 e. The molecule has 2 saturated heterocycles. The van der Waals surface area contributed by atoms with E-state index in [2.05, 4.69) is 20.4 Å². The number of ether oxygens (including phenoxy) is 2. The Morgan fingerprint density at radius 1 is 1.13 bits per heavy atom. The molecule has 7 nitrogen and oxygen atoms in total. The van der Waals surface area contributed by atoms with Crippen molar-refractivity contribution in [3.05, 3.63) is 82.9 Å². The second-order valence-corrected chi connectivity index (χ2v) is 10.8. The number of likely N-dealkylation sites (tertiary alicyclic amines) is 1. The first kappa shape index (κ1) is 25.9. The number of nitrogens with zero attached hydrogens (tertiary/aromatic N) is 2. The second-order valence-electron chi connectivity index (χ2n) is 10.4. The maximum atomic E-state index is 13.2. The molecule has 2 fully saturated rings. The topological polar surface area (TPSA) is 79.5 Å². The van der Waals surface area contributed by atoms with Gasteiger partial charge in [-0.1, -0.05) is 36.7 Å². The van der Waals surface area contributed by atoms with Gasteiger partial charge in [0.25, 0.3) is 5.91 Å². The number of piperidine rings is 1. The van der Waals surface area contributed by atoms with Gasteiger partial charge < -0.3 is 14.8 Å². The normalized spacial score (nSPS) is 17.6. The zero-order valence-corrected chi connectivity index (χ0v) is 22.8. The number of carbonyl (C=O) groups excluding carboxylic acids is 1. The van der Waals surface area contributed by atoms with E-state index in [0.717, 1.165) is 79.0 Å². The number of fused-ring (bicyclic) bond motifs is 1. The van der Waals surface area contributed by atoms with Crippen LogP contribution in [0.1, 0.15) is 48.1 Å². The molecule has 1 atom stereocenters. The molecule has 0 spiro atoms. The minimum Gasteiger partial charge on any atom is -0.490 e. The van der Waals surface area contributed by atoms with Crippen LogP contribution in [0, 0.1) is 0 Å². The predicted molar refractivity (Wildman–Crippen MR) is 153 cm³/mol. The monoisotopic (exact) mass is 544 g/mol. The Hall–Kier alpha value is -3.39. The number of carbonyl (C=O) groups is 1. The molecular formula is C31H33ClN4O3.